The van der Waals surface area contributed by atoms with Gasteiger partial charge in [0, 0.05) is 6.04 Å². The summed E-state index contributed by atoms with van der Waals surface area (Å²) < 4.78 is 18.8. The van der Waals surface area contributed by atoms with E-state index in [0.29, 0.717) is 30.8 Å². The number of carbonyl (C=O) groups is 1. The van der Waals surface area contributed by atoms with Crippen LogP contribution in [0.3, 0.4) is 0 Å². The van der Waals surface area contributed by atoms with Crippen LogP contribution in [0.15, 0.2) is 30.3 Å². The molecule has 3 saturated carbocycles. The zero-order valence-electron chi connectivity index (χ0n) is 19.8. The Morgan fingerprint density at radius 2 is 2.06 bits per heavy atom. The topological polar surface area (TPSA) is 68.8 Å². The molecule has 7 heteroatoms. The third-order valence-electron chi connectivity index (χ3n) is 8.99. The number of hydrogen-bond acceptors (Lipinski definition) is 5. The van der Waals surface area contributed by atoms with Gasteiger partial charge in [0.15, 0.2) is 0 Å². The Hall–Kier alpha value is -1.57. The maximum Gasteiger partial charge on any atom is 0.482 e. The van der Waals surface area contributed by atoms with Crippen molar-refractivity contribution in [3.05, 3.63) is 35.9 Å². The Morgan fingerprint density at radius 3 is 2.75 bits per heavy atom. The van der Waals surface area contributed by atoms with E-state index in [0.717, 1.165) is 24.9 Å². The van der Waals surface area contributed by atoms with Crippen LogP contribution in [-0.2, 0) is 20.5 Å². The number of amides is 1. The Bertz CT molecular complexity index is 836. The van der Waals surface area contributed by atoms with Crippen LogP contribution in [0, 0.1) is 23.2 Å². The quantitative estimate of drug-likeness (QED) is 0.662. The van der Waals surface area contributed by atoms with E-state index in [4.69, 9.17) is 14.0 Å². The number of hydrogen-bond donors (Lipinski definition) is 2. The van der Waals surface area contributed by atoms with Crippen molar-refractivity contribution in [3.8, 4) is 0 Å². The standard InChI is InChI=1S/C25H37BN2O4/c1-16-10-11-27-19(16)15-30-23(29)28-22(12-17-8-6-5-7-9-17)26-31-21-14-18-13-20(24(18,2)3)25(21,4)32-26/h5-9,16,18-22,27H,10-15H2,1-4H3,(H,28,29)/t16-,18+,19-,20+,21-,22+,25+/m1/s1. The minimum absolute atomic E-state index is 0.0870. The summed E-state index contributed by atoms with van der Waals surface area (Å²) in [7, 11) is -0.476. The lowest BCUT2D eigenvalue weighted by Gasteiger charge is -2.64. The third kappa shape index (κ3) is 3.86. The maximum absolute atomic E-state index is 12.8. The number of ether oxygens (including phenoxy) is 1. The summed E-state index contributed by atoms with van der Waals surface area (Å²) >= 11 is 0. The van der Waals surface area contributed by atoms with E-state index in [1.54, 1.807) is 0 Å². The summed E-state index contributed by atoms with van der Waals surface area (Å²) in [4.78, 5) is 12.8. The molecule has 2 saturated heterocycles. The zero-order chi connectivity index (χ0) is 22.5. The van der Waals surface area contributed by atoms with Crippen LogP contribution in [-0.4, -0.2) is 50.1 Å². The van der Waals surface area contributed by atoms with Crippen molar-refractivity contribution in [1.82, 2.24) is 10.6 Å². The molecule has 0 unspecified atom stereocenters. The summed E-state index contributed by atoms with van der Waals surface area (Å²) in [6.07, 6.45) is 3.69. The lowest BCUT2D eigenvalue weighted by atomic mass is 9.43. The summed E-state index contributed by atoms with van der Waals surface area (Å²) in [6, 6.07) is 10.4. The molecule has 6 rings (SSSR count). The Labute approximate surface area is 192 Å². The van der Waals surface area contributed by atoms with E-state index >= 15 is 0 Å². The van der Waals surface area contributed by atoms with Crippen molar-refractivity contribution >= 4 is 13.2 Å². The van der Waals surface area contributed by atoms with Gasteiger partial charge in [-0.05, 0) is 67.9 Å². The van der Waals surface area contributed by atoms with Crippen LogP contribution in [0.1, 0.15) is 52.5 Å². The second-order valence-electron chi connectivity index (χ2n) is 11.2. The van der Waals surface area contributed by atoms with Crippen molar-refractivity contribution in [2.45, 2.75) is 77.1 Å². The van der Waals surface area contributed by atoms with Gasteiger partial charge in [-0.25, -0.2) is 4.79 Å². The zero-order valence-corrected chi connectivity index (χ0v) is 19.8. The highest BCUT2D eigenvalue weighted by Crippen LogP contribution is 2.65. The number of benzene rings is 1. The summed E-state index contributed by atoms with van der Waals surface area (Å²) in [5, 5.41) is 6.49. The number of rotatable bonds is 6. The number of carbonyl (C=O) groups excluding carboxylic acids is 1. The van der Waals surface area contributed by atoms with Gasteiger partial charge in [0.25, 0.3) is 0 Å². The van der Waals surface area contributed by atoms with Gasteiger partial charge in [0.1, 0.15) is 6.61 Å². The van der Waals surface area contributed by atoms with E-state index in [1.807, 2.05) is 18.2 Å². The van der Waals surface area contributed by atoms with E-state index in [2.05, 4.69) is 50.5 Å². The van der Waals surface area contributed by atoms with Crippen molar-refractivity contribution in [2.75, 3.05) is 13.2 Å². The molecule has 2 heterocycles. The first-order chi connectivity index (χ1) is 15.3. The van der Waals surface area contributed by atoms with E-state index < -0.39 is 13.2 Å². The maximum atomic E-state index is 12.8. The highest BCUT2D eigenvalue weighted by atomic mass is 16.7. The predicted molar refractivity (Wildman–Crippen MR) is 124 cm³/mol. The molecule has 2 N–H and O–H groups in total. The first-order valence-corrected chi connectivity index (χ1v) is 12.3. The average Bonchev–Trinajstić information content (AvgIpc) is 3.34. The van der Waals surface area contributed by atoms with Gasteiger partial charge in [-0.3, -0.25) is 0 Å². The normalized spacial score (nSPS) is 38.0. The van der Waals surface area contributed by atoms with Gasteiger partial charge in [-0.15, -0.1) is 0 Å². The van der Waals surface area contributed by atoms with Gasteiger partial charge in [0.2, 0.25) is 0 Å². The lowest BCUT2D eigenvalue weighted by Crippen LogP contribution is -2.65. The smallest absolute Gasteiger partial charge is 0.448 e. The molecule has 2 aliphatic heterocycles. The molecule has 7 atom stereocenters. The second kappa shape index (κ2) is 8.34. The molecule has 1 aromatic carbocycles. The van der Waals surface area contributed by atoms with E-state index in [9.17, 15) is 4.79 Å². The van der Waals surface area contributed by atoms with Crippen LogP contribution in [0.25, 0.3) is 0 Å². The fourth-order valence-electron chi connectivity index (χ4n) is 6.63. The molecule has 1 amide bonds. The summed E-state index contributed by atoms with van der Waals surface area (Å²) in [5.41, 5.74) is 1.13. The first kappa shape index (κ1) is 22.2. The van der Waals surface area contributed by atoms with Crippen molar-refractivity contribution in [3.63, 3.8) is 0 Å². The average molecular weight is 440 g/mol. The van der Waals surface area contributed by atoms with E-state index in [1.165, 1.54) is 6.42 Å². The highest BCUT2D eigenvalue weighted by molar-refractivity contribution is 6.47. The molecule has 174 valence electrons. The fourth-order valence-corrected chi connectivity index (χ4v) is 6.63. The number of nitrogens with one attached hydrogen (secondary N) is 2. The van der Waals surface area contributed by atoms with Crippen molar-refractivity contribution in [1.29, 1.82) is 0 Å². The lowest BCUT2D eigenvalue weighted by molar-refractivity contribution is -0.199. The molecule has 0 aromatic heterocycles. The van der Waals surface area contributed by atoms with Crippen molar-refractivity contribution < 1.29 is 18.8 Å². The highest BCUT2D eigenvalue weighted by Gasteiger charge is 2.68. The monoisotopic (exact) mass is 440 g/mol. The van der Waals surface area contributed by atoms with Crippen LogP contribution in [0.2, 0.25) is 0 Å². The molecule has 3 aliphatic carbocycles. The van der Waals surface area contributed by atoms with Crippen LogP contribution in [0.4, 0.5) is 4.79 Å². The molecule has 5 fully saturated rings. The fraction of sp³-hybridized carbons (Fsp3) is 0.720. The van der Waals surface area contributed by atoms with Crippen LogP contribution >= 0.6 is 0 Å². The Kier molecular flexibility index (Phi) is 5.79. The van der Waals surface area contributed by atoms with Gasteiger partial charge in [0.05, 0.1) is 17.6 Å². The SMILES string of the molecule is C[C@@H]1CCN[C@@H]1COC(=O)N[C@@H](Cc1ccccc1)B1O[C@@H]2C[C@@H]3C[C@@H](C3(C)C)[C@]2(C)O1. The van der Waals surface area contributed by atoms with Gasteiger partial charge in [-0.2, -0.15) is 0 Å². The van der Waals surface area contributed by atoms with Crippen molar-refractivity contribution in [2.24, 2.45) is 23.2 Å². The third-order valence-corrected chi connectivity index (χ3v) is 8.99. The summed E-state index contributed by atoms with van der Waals surface area (Å²) in [6.45, 7) is 10.5. The minimum Gasteiger partial charge on any atom is -0.448 e. The second-order valence-corrected chi connectivity index (χ2v) is 11.2. The molecule has 5 aliphatic rings. The molecule has 1 aromatic rings. The van der Waals surface area contributed by atoms with E-state index in [-0.39, 0.29) is 29.1 Å². The first-order valence-electron chi connectivity index (χ1n) is 12.3. The van der Waals surface area contributed by atoms with Gasteiger partial charge in [-0.1, -0.05) is 51.1 Å². The molecular formula is C25H37BN2O4. The molecule has 0 radical (unpaired) electrons. The molecule has 2 bridgehead atoms. The van der Waals surface area contributed by atoms with Crippen LogP contribution in [0.5, 0.6) is 0 Å². The molecular weight excluding hydrogens is 403 g/mol. The van der Waals surface area contributed by atoms with Crippen LogP contribution < -0.4 is 10.6 Å². The largest absolute Gasteiger partial charge is 0.482 e. The summed E-state index contributed by atoms with van der Waals surface area (Å²) in [5.74, 6) is 1.39. The van der Waals surface area contributed by atoms with Gasteiger partial charge < -0.3 is 24.7 Å². The van der Waals surface area contributed by atoms with Gasteiger partial charge >= 0.3 is 13.2 Å². The molecule has 32 heavy (non-hydrogen) atoms. The molecule has 6 nitrogen and oxygen atoms in total. The predicted octanol–water partition coefficient (Wildman–Crippen LogP) is 3.59. The minimum atomic E-state index is -0.476. The number of alkyl carbamates (subject to hydrolysis) is 1. The Morgan fingerprint density at radius 1 is 1.28 bits per heavy atom. The molecule has 0 spiro atoms. The Balaban J connectivity index is 1.28.